The molecule has 0 aliphatic carbocycles. The molecule has 6 heteroatoms. The van der Waals surface area contributed by atoms with Crippen LogP contribution in [0, 0.1) is 12.7 Å². The van der Waals surface area contributed by atoms with E-state index >= 15 is 0 Å². The molecule has 0 spiro atoms. The summed E-state index contributed by atoms with van der Waals surface area (Å²) in [7, 11) is 0. The Bertz CT molecular complexity index is 916. The summed E-state index contributed by atoms with van der Waals surface area (Å²) >= 11 is 12.1. The Hall–Kier alpha value is -2.17. The van der Waals surface area contributed by atoms with E-state index in [4.69, 9.17) is 23.2 Å². The molecule has 116 valence electrons. The second kappa shape index (κ2) is 6.14. The highest BCUT2D eigenvalue weighted by Crippen LogP contribution is 2.36. The van der Waals surface area contributed by atoms with Gasteiger partial charge in [0.1, 0.15) is 5.82 Å². The molecule has 0 aliphatic rings. The van der Waals surface area contributed by atoms with Gasteiger partial charge in [0.05, 0.1) is 16.3 Å². The Morgan fingerprint density at radius 3 is 2.35 bits per heavy atom. The number of H-pyrrole nitrogens is 1. The molecule has 0 aliphatic heterocycles. The van der Waals surface area contributed by atoms with E-state index in [1.807, 2.05) is 0 Å². The molecule has 0 saturated carbocycles. The average Bonchev–Trinajstić information content (AvgIpc) is 2.52. The van der Waals surface area contributed by atoms with Crippen LogP contribution in [0.25, 0.3) is 22.3 Å². The van der Waals surface area contributed by atoms with Crippen LogP contribution in [0.2, 0.25) is 10.0 Å². The minimum absolute atomic E-state index is 0.0610. The van der Waals surface area contributed by atoms with Gasteiger partial charge < -0.3 is 0 Å². The minimum atomic E-state index is -0.566. The summed E-state index contributed by atoms with van der Waals surface area (Å²) < 4.78 is 14.3. The fraction of sp³-hybridized carbons (Fsp3) is 0.0588. The van der Waals surface area contributed by atoms with E-state index in [0.717, 1.165) is 0 Å². The molecule has 2 aromatic carbocycles. The summed E-state index contributed by atoms with van der Waals surface area (Å²) in [5.41, 5.74) is 1.50. The molecule has 3 nitrogen and oxygen atoms in total. The zero-order chi connectivity index (χ0) is 16.6. The molecule has 0 amide bonds. The van der Waals surface area contributed by atoms with Crippen LogP contribution in [0.5, 0.6) is 0 Å². The molecule has 1 heterocycles. The first-order valence-electron chi connectivity index (χ1n) is 6.78. The van der Waals surface area contributed by atoms with Crippen molar-refractivity contribution in [1.82, 2.24) is 10.2 Å². The van der Waals surface area contributed by atoms with Crippen LogP contribution in [0.15, 0.2) is 47.3 Å². The Labute approximate surface area is 141 Å². The summed E-state index contributed by atoms with van der Waals surface area (Å²) in [6.45, 7) is 1.73. The van der Waals surface area contributed by atoms with Crippen molar-refractivity contribution >= 4 is 23.2 Å². The van der Waals surface area contributed by atoms with Crippen molar-refractivity contribution in [2.45, 2.75) is 6.92 Å². The van der Waals surface area contributed by atoms with Gasteiger partial charge >= 0.3 is 0 Å². The fourth-order valence-corrected chi connectivity index (χ4v) is 2.87. The molecule has 0 unspecified atom stereocenters. The van der Waals surface area contributed by atoms with Gasteiger partial charge in [0.2, 0.25) is 0 Å². The summed E-state index contributed by atoms with van der Waals surface area (Å²) in [6, 6.07) is 11.2. The number of nitrogens with one attached hydrogen (secondary N) is 1. The summed E-state index contributed by atoms with van der Waals surface area (Å²) in [5.74, 6) is -0.566. The average molecular weight is 349 g/mol. The molecule has 0 bridgehead atoms. The van der Waals surface area contributed by atoms with E-state index in [2.05, 4.69) is 10.2 Å². The molecule has 3 rings (SSSR count). The summed E-state index contributed by atoms with van der Waals surface area (Å²) in [4.78, 5) is 12.4. The van der Waals surface area contributed by atoms with Crippen LogP contribution in [-0.2, 0) is 0 Å². The third kappa shape index (κ3) is 2.87. The van der Waals surface area contributed by atoms with Gasteiger partial charge in [-0.1, -0.05) is 41.4 Å². The van der Waals surface area contributed by atoms with Crippen molar-refractivity contribution in [3.05, 3.63) is 74.4 Å². The van der Waals surface area contributed by atoms with Crippen LogP contribution in [-0.4, -0.2) is 10.2 Å². The largest absolute Gasteiger partial charge is 0.272 e. The molecule has 1 aromatic heterocycles. The number of halogens is 3. The molecule has 0 radical (unpaired) electrons. The third-order valence-corrected chi connectivity index (χ3v) is 4.08. The standard InChI is InChI=1S/C17H11Cl2FN2O/c1-9-14(10-5-7-11(18)8-6-10)16(17(23)22-21-9)15-12(19)3-2-4-13(15)20/h2-8H,1H3,(H,22,23). The Morgan fingerprint density at radius 1 is 1.00 bits per heavy atom. The second-order valence-corrected chi connectivity index (χ2v) is 5.84. The predicted octanol–water partition coefficient (Wildman–Crippen LogP) is 4.86. The van der Waals surface area contributed by atoms with Crippen molar-refractivity contribution < 1.29 is 4.39 Å². The highest BCUT2D eigenvalue weighted by atomic mass is 35.5. The zero-order valence-electron chi connectivity index (χ0n) is 12.0. The van der Waals surface area contributed by atoms with Gasteiger partial charge in [0, 0.05) is 16.1 Å². The van der Waals surface area contributed by atoms with Gasteiger partial charge in [0.15, 0.2) is 0 Å². The molecular formula is C17H11Cl2FN2O. The predicted molar refractivity (Wildman–Crippen MR) is 90.4 cm³/mol. The van der Waals surface area contributed by atoms with Gasteiger partial charge in [0.25, 0.3) is 5.56 Å². The van der Waals surface area contributed by atoms with Crippen molar-refractivity contribution in [2.75, 3.05) is 0 Å². The van der Waals surface area contributed by atoms with Gasteiger partial charge in [-0.05, 0) is 36.8 Å². The molecule has 1 N–H and O–H groups in total. The monoisotopic (exact) mass is 348 g/mol. The topological polar surface area (TPSA) is 45.8 Å². The summed E-state index contributed by atoms with van der Waals surface area (Å²) in [6.07, 6.45) is 0. The quantitative estimate of drug-likeness (QED) is 0.718. The first-order chi connectivity index (χ1) is 11.0. The zero-order valence-corrected chi connectivity index (χ0v) is 13.5. The second-order valence-electron chi connectivity index (χ2n) is 4.99. The highest BCUT2D eigenvalue weighted by Gasteiger charge is 2.20. The Morgan fingerprint density at radius 2 is 1.70 bits per heavy atom. The first-order valence-corrected chi connectivity index (χ1v) is 7.54. The van der Waals surface area contributed by atoms with Crippen LogP contribution < -0.4 is 5.56 Å². The van der Waals surface area contributed by atoms with Crippen molar-refractivity contribution in [1.29, 1.82) is 0 Å². The van der Waals surface area contributed by atoms with Crippen LogP contribution in [0.1, 0.15) is 5.69 Å². The van der Waals surface area contributed by atoms with E-state index in [1.165, 1.54) is 12.1 Å². The maximum absolute atomic E-state index is 14.3. The van der Waals surface area contributed by atoms with Crippen molar-refractivity contribution in [3.63, 3.8) is 0 Å². The van der Waals surface area contributed by atoms with E-state index in [0.29, 0.717) is 21.8 Å². The number of hydrogen-bond donors (Lipinski definition) is 1. The number of aromatic nitrogens is 2. The first kappa shape index (κ1) is 15.7. The number of nitrogens with zero attached hydrogens (tertiary/aromatic N) is 1. The highest BCUT2D eigenvalue weighted by molar-refractivity contribution is 6.33. The van der Waals surface area contributed by atoms with Crippen LogP contribution >= 0.6 is 23.2 Å². The van der Waals surface area contributed by atoms with Crippen LogP contribution in [0.3, 0.4) is 0 Å². The van der Waals surface area contributed by atoms with Crippen molar-refractivity contribution in [2.24, 2.45) is 0 Å². The van der Waals surface area contributed by atoms with Gasteiger partial charge in [-0.25, -0.2) is 9.49 Å². The maximum atomic E-state index is 14.3. The van der Waals surface area contributed by atoms with E-state index in [1.54, 1.807) is 37.3 Å². The molecular weight excluding hydrogens is 338 g/mol. The minimum Gasteiger partial charge on any atom is -0.267 e. The Kier molecular flexibility index (Phi) is 4.20. The smallest absolute Gasteiger partial charge is 0.267 e. The lowest BCUT2D eigenvalue weighted by Gasteiger charge is -2.13. The van der Waals surface area contributed by atoms with Crippen molar-refractivity contribution in [3.8, 4) is 22.3 Å². The lowest BCUT2D eigenvalue weighted by Crippen LogP contribution is -2.15. The molecule has 0 saturated heterocycles. The van der Waals surface area contributed by atoms with E-state index < -0.39 is 11.4 Å². The maximum Gasteiger partial charge on any atom is 0.272 e. The lowest BCUT2D eigenvalue weighted by molar-refractivity contribution is 0.631. The molecule has 3 aromatic rings. The number of aryl methyl sites for hydroxylation is 1. The molecule has 0 fully saturated rings. The number of aromatic amines is 1. The number of rotatable bonds is 2. The van der Waals surface area contributed by atoms with Gasteiger partial charge in [-0.15, -0.1) is 0 Å². The molecule has 0 atom stereocenters. The number of hydrogen-bond acceptors (Lipinski definition) is 2. The molecule has 23 heavy (non-hydrogen) atoms. The normalized spacial score (nSPS) is 10.8. The van der Waals surface area contributed by atoms with Gasteiger partial charge in [-0.3, -0.25) is 4.79 Å². The lowest BCUT2D eigenvalue weighted by atomic mass is 9.94. The van der Waals surface area contributed by atoms with Gasteiger partial charge in [-0.2, -0.15) is 5.10 Å². The number of benzene rings is 2. The van der Waals surface area contributed by atoms with Crippen LogP contribution in [0.4, 0.5) is 4.39 Å². The fourth-order valence-electron chi connectivity index (χ4n) is 2.49. The van der Waals surface area contributed by atoms with E-state index in [9.17, 15) is 9.18 Å². The summed E-state index contributed by atoms with van der Waals surface area (Å²) in [5, 5.41) is 7.10. The third-order valence-electron chi connectivity index (χ3n) is 3.51. The SMILES string of the molecule is Cc1n[nH]c(=O)c(-c2c(F)cccc2Cl)c1-c1ccc(Cl)cc1. The van der Waals surface area contributed by atoms with E-state index in [-0.39, 0.29) is 16.1 Å². The Balaban J connectivity index is 2.40.